The Morgan fingerprint density at radius 2 is 2.19 bits per heavy atom. The van der Waals surface area contributed by atoms with Gasteiger partial charge in [-0.1, -0.05) is 18.6 Å². The summed E-state index contributed by atoms with van der Waals surface area (Å²) in [6.45, 7) is 0.538. The molecule has 0 spiro atoms. The number of carbonyl (C=O) groups is 1. The molecule has 11 heteroatoms. The van der Waals surface area contributed by atoms with Crippen LogP contribution >= 0.6 is 11.8 Å². The van der Waals surface area contributed by atoms with E-state index in [1.807, 2.05) is 6.07 Å². The van der Waals surface area contributed by atoms with Gasteiger partial charge in [0.1, 0.15) is 29.8 Å². The summed E-state index contributed by atoms with van der Waals surface area (Å²) in [6.07, 6.45) is 2.81. The smallest absolute Gasteiger partial charge is 0.277 e. The van der Waals surface area contributed by atoms with Crippen LogP contribution in [-0.2, 0) is 6.42 Å². The van der Waals surface area contributed by atoms with Crippen LogP contribution in [0.1, 0.15) is 47.2 Å². The molecule has 1 fully saturated rings. The Morgan fingerprint density at radius 3 is 2.94 bits per heavy atom. The van der Waals surface area contributed by atoms with Crippen molar-refractivity contribution in [3.8, 4) is 11.8 Å². The fourth-order valence-corrected chi connectivity index (χ4v) is 6.13. The second-order valence-corrected chi connectivity index (χ2v) is 9.81. The number of ether oxygens (including phenoxy) is 1. The average molecular weight is 518 g/mol. The van der Waals surface area contributed by atoms with E-state index in [2.05, 4.69) is 9.98 Å². The summed E-state index contributed by atoms with van der Waals surface area (Å²) < 4.78 is 49.9. The average Bonchev–Trinajstić information content (AvgIpc) is 3.31. The van der Waals surface area contributed by atoms with Gasteiger partial charge in [0.2, 0.25) is 0 Å². The number of halogens is 3. The van der Waals surface area contributed by atoms with Crippen molar-refractivity contribution in [3.05, 3.63) is 59.2 Å². The molecule has 2 N–H and O–H groups in total. The minimum absolute atomic E-state index is 0.121. The molecule has 1 amide bonds. The van der Waals surface area contributed by atoms with E-state index in [9.17, 15) is 23.2 Å². The highest BCUT2D eigenvalue weighted by Gasteiger charge is 2.56. The third-order valence-electron chi connectivity index (χ3n) is 6.72. The second-order valence-electron chi connectivity index (χ2n) is 8.76. The summed E-state index contributed by atoms with van der Waals surface area (Å²) in [4.78, 5) is 21.8. The van der Waals surface area contributed by atoms with Crippen molar-refractivity contribution in [1.29, 1.82) is 5.26 Å². The molecule has 3 heterocycles. The third kappa shape index (κ3) is 5.06. The molecule has 2 aliphatic rings. The van der Waals surface area contributed by atoms with Gasteiger partial charge in [-0.25, -0.2) is 13.2 Å². The number of piperidine rings is 1. The Morgan fingerprint density at radius 1 is 1.36 bits per heavy atom. The lowest BCUT2D eigenvalue weighted by atomic mass is 9.91. The highest BCUT2D eigenvalue weighted by Crippen LogP contribution is 2.45. The van der Waals surface area contributed by atoms with E-state index in [1.165, 1.54) is 35.8 Å². The van der Waals surface area contributed by atoms with Gasteiger partial charge < -0.3 is 10.5 Å². The first-order valence-electron chi connectivity index (χ1n) is 11.7. The molecular weight excluding hydrogens is 491 g/mol. The molecule has 0 bridgehead atoms. The summed E-state index contributed by atoms with van der Waals surface area (Å²) in [5.74, 6) is -1.26. The van der Waals surface area contributed by atoms with E-state index in [-0.39, 0.29) is 36.6 Å². The zero-order chi connectivity index (χ0) is 25.7. The predicted molar refractivity (Wildman–Crippen MR) is 131 cm³/mol. The van der Waals surface area contributed by atoms with E-state index in [0.29, 0.717) is 24.3 Å². The number of likely N-dealkylation sites (tertiary alicyclic amines) is 1. The number of amides is 1. The van der Waals surface area contributed by atoms with E-state index in [4.69, 9.17) is 10.5 Å². The van der Waals surface area contributed by atoms with Crippen molar-refractivity contribution < 1.29 is 22.7 Å². The second kappa shape index (κ2) is 11.3. The van der Waals surface area contributed by atoms with Crippen LogP contribution in [0, 0.1) is 17.1 Å². The largest absolute Gasteiger partial charge is 0.490 e. The van der Waals surface area contributed by atoms with Gasteiger partial charge in [0.25, 0.3) is 12.3 Å². The first-order chi connectivity index (χ1) is 17.4. The number of alkyl halides is 2. The van der Waals surface area contributed by atoms with Gasteiger partial charge in [-0.2, -0.15) is 5.26 Å². The lowest BCUT2D eigenvalue weighted by Gasteiger charge is -2.48. The Labute approximate surface area is 211 Å². The molecule has 7 nitrogen and oxygen atoms in total. The van der Waals surface area contributed by atoms with Crippen LogP contribution in [0.15, 0.2) is 41.7 Å². The molecule has 1 aromatic carbocycles. The van der Waals surface area contributed by atoms with E-state index >= 15 is 0 Å². The number of hydrogen-bond donors (Lipinski definition) is 1. The number of carbonyl (C=O) groups excluding carboxylic acids is 1. The molecule has 3 atom stereocenters. The maximum absolute atomic E-state index is 14.9. The zero-order valence-electron chi connectivity index (χ0n) is 19.4. The normalized spacial score (nSPS) is 24.1. The first-order valence-corrected chi connectivity index (χ1v) is 12.6. The number of rotatable bonds is 9. The van der Waals surface area contributed by atoms with Crippen molar-refractivity contribution in [2.75, 3.05) is 13.2 Å². The molecule has 2 aliphatic heterocycles. The maximum Gasteiger partial charge on any atom is 0.277 e. The molecule has 0 radical (unpaired) electrons. The number of nitrogens with zero attached hydrogens (tertiary/aromatic N) is 4. The van der Waals surface area contributed by atoms with Crippen molar-refractivity contribution in [2.24, 2.45) is 10.7 Å². The van der Waals surface area contributed by atoms with Crippen molar-refractivity contribution >= 4 is 23.2 Å². The molecule has 4 rings (SSSR count). The SMILES string of the molecule is N#Cc1cnccc1OCC1CCCCN1C1(C(F)F)N=CSC1CCc1cccc(F)c1C(N)=O. The lowest BCUT2D eigenvalue weighted by molar-refractivity contribution is -0.0881. The van der Waals surface area contributed by atoms with Crippen LogP contribution in [0.5, 0.6) is 5.75 Å². The third-order valence-corrected chi connectivity index (χ3v) is 7.86. The van der Waals surface area contributed by atoms with Crippen LogP contribution in [0.2, 0.25) is 0 Å². The van der Waals surface area contributed by atoms with Gasteiger partial charge >= 0.3 is 0 Å². The van der Waals surface area contributed by atoms with Crippen LogP contribution in [0.3, 0.4) is 0 Å². The van der Waals surface area contributed by atoms with Gasteiger partial charge in [0, 0.05) is 25.0 Å². The van der Waals surface area contributed by atoms with Gasteiger partial charge in [0.15, 0.2) is 5.66 Å². The summed E-state index contributed by atoms with van der Waals surface area (Å²) in [5.41, 5.74) is 5.49. The highest BCUT2D eigenvalue weighted by molar-refractivity contribution is 8.13. The van der Waals surface area contributed by atoms with Crippen LogP contribution in [-0.4, -0.2) is 57.9 Å². The number of benzene rings is 1. The minimum Gasteiger partial charge on any atom is -0.490 e. The highest BCUT2D eigenvalue weighted by atomic mass is 32.2. The van der Waals surface area contributed by atoms with Crippen molar-refractivity contribution in [2.45, 2.75) is 55.5 Å². The number of hydrogen-bond acceptors (Lipinski definition) is 7. The zero-order valence-corrected chi connectivity index (χ0v) is 20.3. The molecule has 2 aromatic rings. The van der Waals surface area contributed by atoms with E-state index in [0.717, 1.165) is 18.9 Å². The van der Waals surface area contributed by atoms with Crippen LogP contribution < -0.4 is 10.5 Å². The molecular formula is C25H26F3N5O2S. The first kappa shape index (κ1) is 26.0. The number of aliphatic imine (C=N–C) groups is 1. The maximum atomic E-state index is 14.9. The van der Waals surface area contributed by atoms with Gasteiger partial charge in [-0.15, -0.1) is 11.8 Å². The van der Waals surface area contributed by atoms with Gasteiger partial charge in [-0.05, 0) is 43.4 Å². The number of pyridine rings is 1. The predicted octanol–water partition coefficient (Wildman–Crippen LogP) is 4.16. The van der Waals surface area contributed by atoms with Crippen molar-refractivity contribution in [1.82, 2.24) is 9.88 Å². The number of aromatic nitrogens is 1. The fraction of sp³-hybridized carbons (Fsp3) is 0.440. The molecule has 190 valence electrons. The minimum atomic E-state index is -2.78. The Bertz CT molecular complexity index is 1170. The fourth-order valence-electron chi connectivity index (χ4n) is 5.00. The van der Waals surface area contributed by atoms with Crippen LogP contribution in [0.4, 0.5) is 13.2 Å². The quantitative estimate of drug-likeness (QED) is 0.536. The summed E-state index contributed by atoms with van der Waals surface area (Å²) in [5, 5.41) is 8.67. The molecule has 1 aromatic heterocycles. The van der Waals surface area contributed by atoms with Gasteiger partial charge in [0.05, 0.1) is 16.4 Å². The molecule has 1 saturated heterocycles. The number of thioether (sulfide) groups is 1. The lowest BCUT2D eigenvalue weighted by Crippen LogP contribution is -2.63. The van der Waals surface area contributed by atoms with E-state index < -0.39 is 29.1 Å². The monoisotopic (exact) mass is 517 g/mol. The molecule has 36 heavy (non-hydrogen) atoms. The number of aryl methyl sites for hydroxylation is 1. The molecule has 0 aliphatic carbocycles. The molecule has 3 unspecified atom stereocenters. The Hall–Kier alpha value is -3.10. The number of primary amides is 1. The standard InChI is InChI=1S/C25H26F3N5O2S/c26-19-6-3-4-16(22(19)23(30)34)7-8-21-25(24(27)28,32-15-36-21)33-11-2-1-5-18(33)14-35-20-9-10-31-13-17(20)12-29/h3-4,6,9-10,13,15,18,21,24H,1-2,5,7-8,11,14H2,(H2,30,34). The van der Waals surface area contributed by atoms with E-state index in [1.54, 1.807) is 17.0 Å². The number of nitrogens with two attached hydrogens (primary N) is 1. The summed E-state index contributed by atoms with van der Waals surface area (Å²) in [7, 11) is 0. The molecule has 0 saturated carbocycles. The topological polar surface area (TPSA) is 105 Å². The van der Waals surface area contributed by atoms with Gasteiger partial charge in [-0.3, -0.25) is 19.7 Å². The Balaban J connectivity index is 1.56. The number of nitriles is 1. The summed E-state index contributed by atoms with van der Waals surface area (Å²) >= 11 is 1.22. The van der Waals surface area contributed by atoms with Crippen LogP contribution in [0.25, 0.3) is 0 Å². The summed E-state index contributed by atoms with van der Waals surface area (Å²) in [6, 6.07) is 7.47. The Kier molecular flexibility index (Phi) is 8.16. The van der Waals surface area contributed by atoms with Crippen molar-refractivity contribution in [3.63, 3.8) is 0 Å².